The number of nitrogens with one attached hydrogen (secondary N) is 1. The van der Waals surface area contributed by atoms with Gasteiger partial charge in [-0.2, -0.15) is 0 Å². The molecule has 0 amide bonds. The molecule has 0 saturated carbocycles. The fourth-order valence-corrected chi connectivity index (χ4v) is 2.98. The molecule has 0 fully saturated rings. The molecule has 3 heteroatoms. The van der Waals surface area contributed by atoms with Crippen LogP contribution in [0.25, 0.3) is 0 Å². The fourth-order valence-electron chi connectivity index (χ4n) is 2.33. The first-order valence-corrected chi connectivity index (χ1v) is 8.22. The summed E-state index contributed by atoms with van der Waals surface area (Å²) in [5.41, 5.74) is 2.66. The first kappa shape index (κ1) is 15.2. The number of thiazole rings is 1. The summed E-state index contributed by atoms with van der Waals surface area (Å²) >= 11 is 1.74. The van der Waals surface area contributed by atoms with E-state index in [1.54, 1.807) is 11.3 Å². The van der Waals surface area contributed by atoms with Crippen molar-refractivity contribution in [2.75, 3.05) is 6.54 Å². The number of rotatable bonds is 7. The van der Waals surface area contributed by atoms with Crippen LogP contribution in [0.1, 0.15) is 42.5 Å². The molecular formula is C17H24N2S. The van der Waals surface area contributed by atoms with Gasteiger partial charge in [-0.1, -0.05) is 44.2 Å². The highest BCUT2D eigenvalue weighted by atomic mass is 32.1. The number of nitrogens with zero attached hydrogens (tertiary/aromatic N) is 1. The molecule has 0 bridgehead atoms. The van der Waals surface area contributed by atoms with Gasteiger partial charge in [0.05, 0.1) is 10.7 Å². The van der Waals surface area contributed by atoms with E-state index >= 15 is 0 Å². The van der Waals surface area contributed by atoms with Gasteiger partial charge in [-0.15, -0.1) is 11.3 Å². The minimum Gasteiger partial charge on any atom is -0.314 e. The van der Waals surface area contributed by atoms with Crippen LogP contribution in [0.4, 0.5) is 0 Å². The van der Waals surface area contributed by atoms with Gasteiger partial charge in [-0.05, 0) is 31.2 Å². The second-order valence-electron chi connectivity index (χ2n) is 5.57. The second-order valence-corrected chi connectivity index (χ2v) is 6.63. The van der Waals surface area contributed by atoms with Gasteiger partial charge in [0, 0.05) is 18.0 Å². The van der Waals surface area contributed by atoms with Gasteiger partial charge < -0.3 is 5.32 Å². The van der Waals surface area contributed by atoms with Gasteiger partial charge in [0.1, 0.15) is 0 Å². The summed E-state index contributed by atoms with van der Waals surface area (Å²) in [6.45, 7) is 7.51. The molecule has 0 spiro atoms. The lowest BCUT2D eigenvalue weighted by Gasteiger charge is -2.19. The number of benzene rings is 1. The van der Waals surface area contributed by atoms with Crippen molar-refractivity contribution in [3.63, 3.8) is 0 Å². The van der Waals surface area contributed by atoms with Crippen LogP contribution in [0, 0.1) is 6.92 Å². The highest BCUT2D eigenvalue weighted by Gasteiger charge is 2.12. The van der Waals surface area contributed by atoms with Crippen LogP contribution in [0.15, 0.2) is 35.7 Å². The standard InChI is InChI=1S/C17H24N2S/c1-13(2)18-11-16(15-7-5-4-6-8-15)9-10-17-12-20-14(3)19-17/h4-8,12-13,16,18H,9-11H2,1-3H3. The fraction of sp³-hybridized carbons (Fsp3) is 0.471. The number of aryl methyl sites for hydroxylation is 2. The van der Waals surface area contributed by atoms with Gasteiger partial charge in [0.2, 0.25) is 0 Å². The predicted molar refractivity (Wildman–Crippen MR) is 87.5 cm³/mol. The molecule has 1 heterocycles. The average Bonchev–Trinajstić information content (AvgIpc) is 2.85. The van der Waals surface area contributed by atoms with Crippen LogP contribution in [0.5, 0.6) is 0 Å². The first-order chi connectivity index (χ1) is 9.65. The quantitative estimate of drug-likeness (QED) is 0.827. The largest absolute Gasteiger partial charge is 0.314 e. The van der Waals surface area contributed by atoms with Crippen LogP contribution in [-0.2, 0) is 6.42 Å². The van der Waals surface area contributed by atoms with Crippen molar-refractivity contribution >= 4 is 11.3 Å². The number of hydrogen-bond acceptors (Lipinski definition) is 3. The molecule has 0 radical (unpaired) electrons. The molecule has 108 valence electrons. The predicted octanol–water partition coefficient (Wildman–Crippen LogP) is 4.17. The van der Waals surface area contributed by atoms with Crippen molar-refractivity contribution in [2.24, 2.45) is 0 Å². The second kappa shape index (κ2) is 7.55. The van der Waals surface area contributed by atoms with Crippen molar-refractivity contribution in [3.05, 3.63) is 52.0 Å². The van der Waals surface area contributed by atoms with Gasteiger partial charge in [0.25, 0.3) is 0 Å². The van der Waals surface area contributed by atoms with Crippen LogP contribution in [0.3, 0.4) is 0 Å². The third-order valence-corrected chi connectivity index (χ3v) is 4.28. The Morgan fingerprint density at radius 3 is 2.55 bits per heavy atom. The minimum absolute atomic E-state index is 0.530. The van der Waals surface area contributed by atoms with Gasteiger partial charge in [0.15, 0.2) is 0 Å². The molecule has 1 unspecified atom stereocenters. The maximum Gasteiger partial charge on any atom is 0.0897 e. The molecule has 2 aromatic rings. The normalized spacial score (nSPS) is 12.8. The molecule has 0 aliphatic carbocycles. The smallest absolute Gasteiger partial charge is 0.0897 e. The van der Waals surface area contributed by atoms with Crippen LogP contribution in [0.2, 0.25) is 0 Å². The van der Waals surface area contributed by atoms with Crippen LogP contribution < -0.4 is 5.32 Å². The van der Waals surface area contributed by atoms with E-state index in [9.17, 15) is 0 Å². The van der Waals surface area contributed by atoms with Crippen molar-refractivity contribution in [1.29, 1.82) is 0 Å². The molecule has 2 nitrogen and oxygen atoms in total. The summed E-state index contributed by atoms with van der Waals surface area (Å²) in [6, 6.07) is 11.3. The van der Waals surface area contributed by atoms with Gasteiger partial charge in [-0.3, -0.25) is 0 Å². The zero-order chi connectivity index (χ0) is 14.4. The summed E-state index contributed by atoms with van der Waals surface area (Å²) in [7, 11) is 0. The zero-order valence-corrected chi connectivity index (χ0v) is 13.4. The molecule has 0 aliphatic rings. The highest BCUT2D eigenvalue weighted by Crippen LogP contribution is 2.22. The number of hydrogen-bond donors (Lipinski definition) is 1. The lowest BCUT2D eigenvalue weighted by atomic mass is 9.93. The van der Waals surface area contributed by atoms with Crippen molar-refractivity contribution < 1.29 is 0 Å². The maximum atomic E-state index is 4.57. The van der Waals surface area contributed by atoms with E-state index in [0.29, 0.717) is 12.0 Å². The molecule has 1 aromatic carbocycles. The topological polar surface area (TPSA) is 24.9 Å². The summed E-state index contributed by atoms with van der Waals surface area (Å²) in [5.74, 6) is 0.556. The van der Waals surface area contributed by atoms with Gasteiger partial charge >= 0.3 is 0 Å². The van der Waals surface area contributed by atoms with E-state index < -0.39 is 0 Å². The van der Waals surface area contributed by atoms with Gasteiger partial charge in [-0.25, -0.2) is 4.98 Å². The lowest BCUT2D eigenvalue weighted by Crippen LogP contribution is -2.28. The highest BCUT2D eigenvalue weighted by molar-refractivity contribution is 7.09. The Kier molecular flexibility index (Phi) is 5.74. The minimum atomic E-state index is 0.530. The summed E-state index contributed by atoms with van der Waals surface area (Å²) < 4.78 is 0. The molecule has 0 aliphatic heterocycles. The van der Waals surface area contributed by atoms with E-state index in [1.165, 1.54) is 11.3 Å². The van der Waals surface area contributed by atoms with Crippen molar-refractivity contribution in [1.82, 2.24) is 10.3 Å². The molecule has 1 N–H and O–H groups in total. The summed E-state index contributed by atoms with van der Waals surface area (Å²) in [4.78, 5) is 4.57. The lowest BCUT2D eigenvalue weighted by molar-refractivity contribution is 0.507. The molecule has 1 aromatic heterocycles. The zero-order valence-electron chi connectivity index (χ0n) is 12.6. The first-order valence-electron chi connectivity index (χ1n) is 7.34. The number of aromatic nitrogens is 1. The molecule has 1 atom stereocenters. The van der Waals surface area contributed by atoms with E-state index in [2.05, 4.69) is 66.8 Å². The van der Waals surface area contributed by atoms with E-state index in [4.69, 9.17) is 0 Å². The Labute approximate surface area is 126 Å². The SMILES string of the molecule is Cc1nc(CCC(CNC(C)C)c2ccccc2)cs1. The van der Waals surface area contributed by atoms with Crippen molar-refractivity contribution in [3.8, 4) is 0 Å². The van der Waals surface area contributed by atoms with Crippen LogP contribution >= 0.6 is 11.3 Å². The summed E-state index contributed by atoms with van der Waals surface area (Å²) in [6.07, 6.45) is 2.20. The molecule has 0 saturated heterocycles. The average molecular weight is 288 g/mol. The maximum absolute atomic E-state index is 4.57. The molecular weight excluding hydrogens is 264 g/mol. The molecule has 20 heavy (non-hydrogen) atoms. The van der Waals surface area contributed by atoms with E-state index in [-0.39, 0.29) is 0 Å². The Hall–Kier alpha value is -1.19. The Morgan fingerprint density at radius 2 is 1.95 bits per heavy atom. The Morgan fingerprint density at radius 1 is 1.20 bits per heavy atom. The van der Waals surface area contributed by atoms with E-state index in [1.807, 2.05) is 0 Å². The van der Waals surface area contributed by atoms with Crippen LogP contribution in [-0.4, -0.2) is 17.6 Å². The third-order valence-electron chi connectivity index (χ3n) is 3.46. The van der Waals surface area contributed by atoms with Crippen molar-refractivity contribution in [2.45, 2.75) is 45.6 Å². The third kappa shape index (κ3) is 4.73. The Balaban J connectivity index is 1.98. The summed E-state index contributed by atoms with van der Waals surface area (Å²) in [5, 5.41) is 6.92. The Bertz CT molecular complexity index is 505. The molecule has 2 rings (SSSR count). The monoisotopic (exact) mass is 288 g/mol. The van der Waals surface area contributed by atoms with E-state index in [0.717, 1.165) is 24.4 Å².